The maximum Gasteiger partial charge on any atom is 0.573 e. The van der Waals surface area contributed by atoms with Crippen molar-refractivity contribution in [3.05, 3.63) is 58.9 Å². The Morgan fingerprint density at radius 2 is 1.76 bits per heavy atom. The fourth-order valence-electron chi connectivity index (χ4n) is 2.54. The molecule has 1 saturated heterocycles. The van der Waals surface area contributed by atoms with Gasteiger partial charge >= 0.3 is 6.36 Å². The predicted molar refractivity (Wildman–Crippen MR) is 84.3 cm³/mol. The molecule has 2 aromatic carbocycles. The second-order valence-electron chi connectivity index (χ2n) is 5.62. The lowest BCUT2D eigenvalue weighted by Gasteiger charge is -2.35. The fraction of sp³-hybridized carbons (Fsp3) is 0.294. The van der Waals surface area contributed by atoms with Crippen molar-refractivity contribution in [1.29, 1.82) is 0 Å². The van der Waals surface area contributed by atoms with Gasteiger partial charge in [0.2, 0.25) is 0 Å². The summed E-state index contributed by atoms with van der Waals surface area (Å²) in [5.74, 6) is -1.13. The molecule has 0 aliphatic carbocycles. The number of ether oxygens (including phenoxy) is 2. The molecule has 1 aliphatic heterocycles. The summed E-state index contributed by atoms with van der Waals surface area (Å²) in [6.07, 6.45) is -5.47. The lowest BCUT2D eigenvalue weighted by atomic mass is 9.90. The van der Waals surface area contributed by atoms with Gasteiger partial charge in [0.25, 0.3) is 0 Å². The highest BCUT2D eigenvalue weighted by atomic mass is 35.5. The van der Waals surface area contributed by atoms with E-state index in [0.717, 1.165) is 0 Å². The molecule has 1 aliphatic rings. The first-order chi connectivity index (χ1) is 11.8. The number of halogens is 5. The zero-order valence-corrected chi connectivity index (χ0v) is 13.6. The summed E-state index contributed by atoms with van der Waals surface area (Å²) in [4.78, 5) is 0. The maximum absolute atomic E-state index is 13.8. The molecule has 3 rings (SSSR count). The number of rotatable bonds is 5. The Balaban J connectivity index is 1.90. The van der Waals surface area contributed by atoms with Crippen LogP contribution in [0.4, 0.5) is 17.6 Å². The second-order valence-corrected chi connectivity index (χ2v) is 6.03. The molecule has 2 aromatic rings. The van der Waals surface area contributed by atoms with Gasteiger partial charge in [-0.1, -0.05) is 29.8 Å². The minimum atomic E-state index is -4.83. The molecule has 0 unspecified atom stereocenters. The second kappa shape index (κ2) is 7.09. The van der Waals surface area contributed by atoms with E-state index < -0.39 is 24.0 Å². The molecule has 0 aromatic heterocycles. The van der Waals surface area contributed by atoms with Crippen LogP contribution in [0.25, 0.3) is 0 Å². The molecule has 1 heterocycles. The summed E-state index contributed by atoms with van der Waals surface area (Å²) in [5, 5.41) is 3.03. The highest BCUT2D eigenvalue weighted by molar-refractivity contribution is 6.30. The highest BCUT2D eigenvalue weighted by Gasteiger charge is 2.34. The van der Waals surface area contributed by atoms with E-state index in [1.165, 1.54) is 36.4 Å². The van der Waals surface area contributed by atoms with Gasteiger partial charge in [-0.05, 0) is 29.8 Å². The molecule has 0 bridgehead atoms. The van der Waals surface area contributed by atoms with Crippen LogP contribution in [0.1, 0.15) is 11.7 Å². The van der Waals surface area contributed by atoms with Crippen LogP contribution in [0.5, 0.6) is 11.5 Å². The zero-order valence-electron chi connectivity index (χ0n) is 12.8. The van der Waals surface area contributed by atoms with Crippen LogP contribution in [0.15, 0.2) is 42.5 Å². The first-order valence-corrected chi connectivity index (χ1v) is 7.88. The van der Waals surface area contributed by atoms with Gasteiger partial charge in [0.15, 0.2) is 11.5 Å². The Labute approximate surface area is 146 Å². The Bertz CT molecular complexity index is 750. The summed E-state index contributed by atoms with van der Waals surface area (Å²) >= 11 is 5.70. The van der Waals surface area contributed by atoms with Crippen LogP contribution < -0.4 is 14.8 Å². The van der Waals surface area contributed by atoms with Gasteiger partial charge in [0.05, 0.1) is 5.02 Å². The predicted octanol–water partition coefficient (Wildman–Crippen LogP) is 4.72. The number of para-hydroxylation sites is 2. The minimum Gasteiger partial charge on any atom is -0.481 e. The molecule has 1 atom stereocenters. The van der Waals surface area contributed by atoms with Crippen molar-refractivity contribution in [3.63, 3.8) is 0 Å². The molecular formula is C17H14ClF4NO2. The summed E-state index contributed by atoms with van der Waals surface area (Å²) in [6.45, 7) is 1.22. The molecule has 3 nitrogen and oxygen atoms in total. The van der Waals surface area contributed by atoms with E-state index in [2.05, 4.69) is 10.1 Å². The van der Waals surface area contributed by atoms with E-state index in [4.69, 9.17) is 16.3 Å². The van der Waals surface area contributed by atoms with E-state index in [9.17, 15) is 17.6 Å². The van der Waals surface area contributed by atoms with Crippen LogP contribution in [0, 0.1) is 11.7 Å². The van der Waals surface area contributed by atoms with Crippen molar-refractivity contribution in [2.75, 3.05) is 13.1 Å². The Morgan fingerprint density at radius 3 is 2.32 bits per heavy atom. The average molecular weight is 376 g/mol. The average Bonchev–Trinajstić information content (AvgIpc) is 2.48. The molecule has 8 heteroatoms. The number of benzene rings is 2. The lowest BCUT2D eigenvalue weighted by Crippen LogP contribution is -2.46. The fourth-order valence-corrected chi connectivity index (χ4v) is 2.66. The molecule has 0 saturated carbocycles. The smallest absolute Gasteiger partial charge is 0.481 e. The SMILES string of the molecule is Fc1cc([C@@H](Oc2ccccc2OC(F)(F)F)C2CNC2)ccc1Cl. The van der Waals surface area contributed by atoms with E-state index in [1.54, 1.807) is 6.07 Å². The summed E-state index contributed by atoms with van der Waals surface area (Å²) in [5.41, 5.74) is 0.496. The molecule has 0 radical (unpaired) electrons. The third-order valence-electron chi connectivity index (χ3n) is 3.84. The van der Waals surface area contributed by atoms with Gasteiger partial charge in [-0.25, -0.2) is 4.39 Å². The normalized spacial score (nSPS) is 16.2. The van der Waals surface area contributed by atoms with Crippen molar-refractivity contribution in [1.82, 2.24) is 5.32 Å². The number of hydrogen-bond donors (Lipinski definition) is 1. The Kier molecular flexibility index (Phi) is 5.06. The Hall–Kier alpha value is -1.99. The minimum absolute atomic E-state index is 0.0143. The van der Waals surface area contributed by atoms with Crippen LogP contribution in [-0.4, -0.2) is 19.5 Å². The van der Waals surface area contributed by atoms with Gasteiger partial charge < -0.3 is 14.8 Å². The van der Waals surface area contributed by atoms with Gasteiger partial charge in [-0.3, -0.25) is 0 Å². The van der Waals surface area contributed by atoms with E-state index >= 15 is 0 Å². The third kappa shape index (κ3) is 4.35. The monoisotopic (exact) mass is 375 g/mol. The Morgan fingerprint density at radius 1 is 1.08 bits per heavy atom. The van der Waals surface area contributed by atoms with Crippen molar-refractivity contribution >= 4 is 11.6 Å². The number of hydrogen-bond acceptors (Lipinski definition) is 3. The van der Waals surface area contributed by atoms with Crippen LogP contribution >= 0.6 is 11.6 Å². The number of nitrogens with one attached hydrogen (secondary N) is 1. The van der Waals surface area contributed by atoms with Crippen molar-refractivity contribution in [3.8, 4) is 11.5 Å². The molecule has 0 spiro atoms. The van der Waals surface area contributed by atoms with Crippen molar-refractivity contribution in [2.45, 2.75) is 12.5 Å². The standard InChI is InChI=1S/C17H14ClF4NO2/c18-12-6-5-10(7-13(12)19)16(11-8-23-9-11)24-14-3-1-2-4-15(14)25-17(20,21)22/h1-7,11,16,23H,8-9H2/t16-/m1/s1. The van der Waals surface area contributed by atoms with Gasteiger partial charge in [-0.15, -0.1) is 13.2 Å². The topological polar surface area (TPSA) is 30.5 Å². The number of alkyl halides is 3. The molecule has 0 amide bonds. The van der Waals surface area contributed by atoms with Gasteiger partial charge in [0, 0.05) is 19.0 Å². The third-order valence-corrected chi connectivity index (χ3v) is 4.15. The van der Waals surface area contributed by atoms with Crippen LogP contribution in [-0.2, 0) is 0 Å². The van der Waals surface area contributed by atoms with Crippen molar-refractivity contribution < 1.29 is 27.0 Å². The van der Waals surface area contributed by atoms with Gasteiger partial charge in [0.1, 0.15) is 11.9 Å². The largest absolute Gasteiger partial charge is 0.573 e. The molecule has 25 heavy (non-hydrogen) atoms. The van der Waals surface area contributed by atoms with E-state index in [1.807, 2.05) is 0 Å². The van der Waals surface area contributed by atoms with E-state index in [0.29, 0.717) is 18.7 Å². The first-order valence-electron chi connectivity index (χ1n) is 7.50. The highest BCUT2D eigenvalue weighted by Crippen LogP contribution is 2.38. The molecule has 134 valence electrons. The van der Waals surface area contributed by atoms with E-state index in [-0.39, 0.29) is 16.7 Å². The summed E-state index contributed by atoms with van der Waals surface area (Å²) < 4.78 is 61.3. The zero-order chi connectivity index (χ0) is 18.0. The van der Waals surface area contributed by atoms with Crippen molar-refractivity contribution in [2.24, 2.45) is 5.92 Å². The van der Waals surface area contributed by atoms with Crippen LogP contribution in [0.2, 0.25) is 5.02 Å². The molecular weight excluding hydrogens is 362 g/mol. The summed E-state index contributed by atoms with van der Waals surface area (Å²) in [6, 6.07) is 9.73. The maximum atomic E-state index is 13.8. The van der Waals surface area contributed by atoms with Gasteiger partial charge in [-0.2, -0.15) is 0 Å². The van der Waals surface area contributed by atoms with Crippen LogP contribution in [0.3, 0.4) is 0 Å². The lowest BCUT2D eigenvalue weighted by molar-refractivity contribution is -0.275. The summed E-state index contributed by atoms with van der Waals surface area (Å²) in [7, 11) is 0. The first kappa shape index (κ1) is 17.8. The molecule has 1 fully saturated rings. The quantitative estimate of drug-likeness (QED) is 0.767. The molecule has 1 N–H and O–H groups in total.